The summed E-state index contributed by atoms with van der Waals surface area (Å²) in [5.41, 5.74) is 8.67. The SMILES string of the molecule is Cn1nc(-c2nc(NCCN3CCOCC3)c(N)nc2-c2ccccc2)ccc1=O. The molecule has 0 atom stereocenters. The number of nitrogens with two attached hydrogens (primary N) is 1. The summed E-state index contributed by atoms with van der Waals surface area (Å²) in [5, 5.41) is 7.66. The Labute approximate surface area is 174 Å². The second kappa shape index (κ2) is 9.02. The van der Waals surface area contributed by atoms with Gasteiger partial charge in [0.05, 0.1) is 13.2 Å². The van der Waals surface area contributed by atoms with E-state index in [-0.39, 0.29) is 5.56 Å². The number of morpholine rings is 1. The molecular weight excluding hydrogens is 382 g/mol. The molecule has 0 radical (unpaired) electrons. The number of rotatable bonds is 6. The van der Waals surface area contributed by atoms with Crippen LogP contribution in [0.3, 0.4) is 0 Å². The van der Waals surface area contributed by atoms with Gasteiger partial charge in [0.25, 0.3) is 5.56 Å². The van der Waals surface area contributed by atoms with Crippen molar-refractivity contribution in [3.8, 4) is 22.6 Å². The van der Waals surface area contributed by atoms with Gasteiger partial charge >= 0.3 is 0 Å². The van der Waals surface area contributed by atoms with Gasteiger partial charge in [-0.2, -0.15) is 5.10 Å². The van der Waals surface area contributed by atoms with E-state index in [0.29, 0.717) is 35.3 Å². The lowest BCUT2D eigenvalue weighted by Gasteiger charge is -2.26. The number of nitrogen functional groups attached to an aromatic ring is 1. The van der Waals surface area contributed by atoms with E-state index in [1.165, 1.54) is 10.7 Å². The van der Waals surface area contributed by atoms with Crippen molar-refractivity contribution in [3.05, 3.63) is 52.8 Å². The smallest absolute Gasteiger partial charge is 0.266 e. The van der Waals surface area contributed by atoms with Gasteiger partial charge in [-0.15, -0.1) is 0 Å². The Morgan fingerprint density at radius 3 is 2.57 bits per heavy atom. The standard InChI is InChI=1S/C21H25N7O2/c1-27-17(29)8-7-16(26-27)19-18(15-5-3-2-4-6-15)24-20(22)21(25-19)23-9-10-28-11-13-30-14-12-28/h2-8H,9-14H2,1H3,(H2,22,24)(H,23,25). The van der Waals surface area contributed by atoms with Crippen LogP contribution in [-0.4, -0.2) is 64.0 Å². The summed E-state index contributed by atoms with van der Waals surface area (Å²) in [7, 11) is 1.61. The molecule has 9 nitrogen and oxygen atoms in total. The molecule has 0 aliphatic carbocycles. The summed E-state index contributed by atoms with van der Waals surface area (Å²) in [5.74, 6) is 0.831. The van der Waals surface area contributed by atoms with Gasteiger partial charge in [0.15, 0.2) is 11.6 Å². The quantitative estimate of drug-likeness (QED) is 0.628. The molecule has 1 fully saturated rings. The molecule has 4 rings (SSSR count). The Morgan fingerprint density at radius 1 is 1.07 bits per heavy atom. The van der Waals surface area contributed by atoms with Crippen LogP contribution in [0, 0.1) is 0 Å². The monoisotopic (exact) mass is 407 g/mol. The molecule has 1 aromatic carbocycles. The van der Waals surface area contributed by atoms with E-state index in [1.54, 1.807) is 13.1 Å². The summed E-state index contributed by atoms with van der Waals surface area (Å²) in [4.78, 5) is 23.5. The summed E-state index contributed by atoms with van der Waals surface area (Å²) in [6.45, 7) is 4.90. The molecule has 0 spiro atoms. The maximum Gasteiger partial charge on any atom is 0.266 e. The lowest BCUT2D eigenvalue weighted by Crippen LogP contribution is -2.39. The number of ether oxygens (including phenoxy) is 1. The van der Waals surface area contributed by atoms with E-state index < -0.39 is 0 Å². The van der Waals surface area contributed by atoms with E-state index in [2.05, 4.69) is 20.3 Å². The topological polar surface area (TPSA) is 111 Å². The van der Waals surface area contributed by atoms with E-state index in [4.69, 9.17) is 15.5 Å². The van der Waals surface area contributed by atoms with Crippen molar-refractivity contribution in [1.82, 2.24) is 24.6 Å². The largest absolute Gasteiger partial charge is 0.381 e. The summed E-state index contributed by atoms with van der Waals surface area (Å²) >= 11 is 0. The number of nitrogens with zero attached hydrogens (tertiary/aromatic N) is 5. The minimum atomic E-state index is -0.188. The molecule has 3 heterocycles. The van der Waals surface area contributed by atoms with Gasteiger partial charge < -0.3 is 15.8 Å². The van der Waals surface area contributed by atoms with Gasteiger partial charge in [-0.1, -0.05) is 30.3 Å². The van der Waals surface area contributed by atoms with E-state index >= 15 is 0 Å². The van der Waals surface area contributed by atoms with Crippen molar-refractivity contribution in [1.29, 1.82) is 0 Å². The summed E-state index contributed by atoms with van der Waals surface area (Å²) in [6.07, 6.45) is 0. The predicted octanol–water partition coefficient (Wildman–Crippen LogP) is 1.23. The number of hydrogen-bond donors (Lipinski definition) is 2. The van der Waals surface area contributed by atoms with Crippen molar-refractivity contribution < 1.29 is 4.74 Å². The fraction of sp³-hybridized carbons (Fsp3) is 0.333. The van der Waals surface area contributed by atoms with Crippen molar-refractivity contribution >= 4 is 11.6 Å². The molecule has 9 heteroatoms. The molecule has 0 unspecified atom stereocenters. The highest BCUT2D eigenvalue weighted by molar-refractivity contribution is 5.79. The van der Waals surface area contributed by atoms with E-state index in [1.807, 2.05) is 30.3 Å². The number of aromatic nitrogens is 4. The zero-order valence-corrected chi connectivity index (χ0v) is 16.9. The third kappa shape index (κ3) is 4.47. The first-order chi connectivity index (χ1) is 14.6. The van der Waals surface area contributed by atoms with Crippen LogP contribution in [0.1, 0.15) is 0 Å². The maximum absolute atomic E-state index is 11.8. The normalized spacial score (nSPS) is 14.6. The average Bonchev–Trinajstić information content (AvgIpc) is 2.78. The third-order valence-electron chi connectivity index (χ3n) is 5.00. The molecule has 2 aromatic heterocycles. The van der Waals surface area contributed by atoms with Crippen LogP contribution >= 0.6 is 0 Å². The Kier molecular flexibility index (Phi) is 6.01. The number of anilines is 2. The molecule has 156 valence electrons. The van der Waals surface area contributed by atoms with Gasteiger partial charge in [0.1, 0.15) is 17.1 Å². The van der Waals surface area contributed by atoms with Crippen LogP contribution in [0.4, 0.5) is 11.6 Å². The minimum absolute atomic E-state index is 0.188. The Balaban J connectivity index is 1.66. The Morgan fingerprint density at radius 2 is 1.83 bits per heavy atom. The number of hydrogen-bond acceptors (Lipinski definition) is 8. The zero-order valence-electron chi connectivity index (χ0n) is 16.9. The van der Waals surface area contributed by atoms with Gasteiger partial charge in [-0.05, 0) is 6.07 Å². The van der Waals surface area contributed by atoms with E-state index in [0.717, 1.165) is 38.4 Å². The molecule has 30 heavy (non-hydrogen) atoms. The first kappa shape index (κ1) is 20.0. The molecule has 1 aliphatic rings. The first-order valence-electron chi connectivity index (χ1n) is 9.93. The van der Waals surface area contributed by atoms with Crippen LogP contribution in [0.15, 0.2) is 47.3 Å². The summed E-state index contributed by atoms with van der Waals surface area (Å²) < 4.78 is 6.67. The van der Waals surface area contributed by atoms with Crippen LogP contribution in [0.5, 0.6) is 0 Å². The van der Waals surface area contributed by atoms with Crippen LogP contribution in [-0.2, 0) is 11.8 Å². The minimum Gasteiger partial charge on any atom is -0.381 e. The molecule has 0 saturated carbocycles. The van der Waals surface area contributed by atoms with Crippen molar-refractivity contribution in [2.24, 2.45) is 7.05 Å². The average molecular weight is 407 g/mol. The molecule has 0 bridgehead atoms. The molecule has 3 aromatic rings. The van der Waals surface area contributed by atoms with Crippen molar-refractivity contribution in [2.45, 2.75) is 0 Å². The maximum atomic E-state index is 11.8. The van der Waals surface area contributed by atoms with Gasteiger partial charge in [-0.3, -0.25) is 9.69 Å². The van der Waals surface area contributed by atoms with Crippen LogP contribution in [0.2, 0.25) is 0 Å². The fourth-order valence-corrected chi connectivity index (χ4v) is 3.34. The lowest BCUT2D eigenvalue weighted by molar-refractivity contribution is 0.0398. The van der Waals surface area contributed by atoms with Crippen LogP contribution < -0.4 is 16.6 Å². The fourth-order valence-electron chi connectivity index (χ4n) is 3.34. The van der Waals surface area contributed by atoms with Gasteiger partial charge in [-0.25, -0.2) is 14.6 Å². The predicted molar refractivity (Wildman–Crippen MR) is 116 cm³/mol. The molecule has 1 saturated heterocycles. The Hall–Kier alpha value is -3.30. The number of aryl methyl sites for hydroxylation is 1. The highest BCUT2D eigenvalue weighted by atomic mass is 16.5. The second-order valence-electron chi connectivity index (χ2n) is 7.08. The number of benzene rings is 1. The Bertz CT molecular complexity index is 1060. The lowest BCUT2D eigenvalue weighted by atomic mass is 10.1. The molecular formula is C21H25N7O2. The van der Waals surface area contributed by atoms with Crippen molar-refractivity contribution in [2.75, 3.05) is 50.4 Å². The van der Waals surface area contributed by atoms with Gasteiger partial charge in [0.2, 0.25) is 0 Å². The third-order valence-corrected chi connectivity index (χ3v) is 5.00. The van der Waals surface area contributed by atoms with Gasteiger partial charge in [0, 0.05) is 44.9 Å². The highest BCUT2D eigenvalue weighted by Gasteiger charge is 2.17. The van der Waals surface area contributed by atoms with Crippen molar-refractivity contribution in [3.63, 3.8) is 0 Å². The zero-order chi connectivity index (χ0) is 20.9. The molecule has 3 N–H and O–H groups in total. The van der Waals surface area contributed by atoms with E-state index in [9.17, 15) is 4.79 Å². The number of nitrogens with one attached hydrogen (secondary N) is 1. The van der Waals surface area contributed by atoms with Crippen LogP contribution in [0.25, 0.3) is 22.6 Å². The molecule has 0 amide bonds. The highest BCUT2D eigenvalue weighted by Crippen LogP contribution is 2.30. The first-order valence-corrected chi connectivity index (χ1v) is 9.93. The summed E-state index contributed by atoms with van der Waals surface area (Å²) in [6, 6.07) is 12.8. The molecule has 1 aliphatic heterocycles. The second-order valence-corrected chi connectivity index (χ2v) is 7.08.